The monoisotopic (exact) mass is 457 g/mol. The number of benzene rings is 2. The van der Waals surface area contributed by atoms with E-state index >= 15 is 0 Å². The average Bonchev–Trinajstić information content (AvgIpc) is 3.33. The largest absolute Gasteiger partial charge is 0.493 e. The zero-order chi connectivity index (χ0) is 22.8. The van der Waals surface area contributed by atoms with E-state index < -0.39 is 0 Å². The van der Waals surface area contributed by atoms with E-state index in [-0.39, 0.29) is 11.5 Å². The van der Waals surface area contributed by atoms with Crippen molar-refractivity contribution >= 4 is 34.1 Å². The van der Waals surface area contributed by atoms with Crippen LogP contribution in [0.15, 0.2) is 72.1 Å². The van der Waals surface area contributed by atoms with Crippen molar-refractivity contribution in [1.29, 1.82) is 0 Å². The van der Waals surface area contributed by atoms with E-state index in [4.69, 9.17) is 19.4 Å². The third kappa shape index (κ3) is 3.98. The van der Waals surface area contributed by atoms with E-state index in [1.54, 1.807) is 49.3 Å². The number of ether oxygens (including phenoxy) is 2. The number of hydrogen-bond donors (Lipinski definition) is 0. The summed E-state index contributed by atoms with van der Waals surface area (Å²) in [5.41, 5.74) is 2.81. The number of ketones is 1. The van der Waals surface area contributed by atoms with Gasteiger partial charge >= 0.3 is 0 Å². The zero-order valence-electron chi connectivity index (χ0n) is 17.9. The molecule has 0 amide bonds. The minimum absolute atomic E-state index is 0.0586. The van der Waals surface area contributed by atoms with Crippen LogP contribution < -0.4 is 9.47 Å². The second kappa shape index (κ2) is 8.87. The van der Waals surface area contributed by atoms with Crippen LogP contribution in [0.4, 0.5) is 0 Å². The molecule has 0 aliphatic carbocycles. The Morgan fingerprint density at radius 1 is 1.00 bits per heavy atom. The zero-order valence-corrected chi connectivity index (χ0v) is 18.7. The number of hydrogen-bond acceptors (Lipinski definition) is 8. The summed E-state index contributed by atoms with van der Waals surface area (Å²) in [5, 5.41) is 6.14. The van der Waals surface area contributed by atoms with E-state index in [0.717, 1.165) is 16.5 Å². The fraction of sp³-hybridized carbons (Fsp3) is 0.125. The standard InChI is InChI=1S/C24H19N5O3S/c1-31-20-10-9-15(12-21(20)32-2)19(30)14-33-24-26-18-8-4-3-7-17(18)23-27-22(28-29(23)24)16-6-5-11-25-13-16/h3-13H,14H2,1-2H3. The van der Waals surface area contributed by atoms with Gasteiger partial charge in [0.25, 0.3) is 0 Å². The number of carbonyl (C=O) groups excluding carboxylic acids is 1. The highest BCUT2D eigenvalue weighted by molar-refractivity contribution is 7.99. The summed E-state index contributed by atoms with van der Waals surface area (Å²) in [7, 11) is 3.10. The molecule has 5 aromatic rings. The van der Waals surface area contributed by atoms with Gasteiger partial charge < -0.3 is 9.47 Å². The van der Waals surface area contributed by atoms with Gasteiger partial charge in [-0.1, -0.05) is 23.9 Å². The fourth-order valence-corrected chi connectivity index (χ4v) is 4.30. The SMILES string of the molecule is COc1ccc(C(=O)CSc2nc3ccccc3c3nc(-c4cccnc4)nn23)cc1OC. The predicted octanol–water partition coefficient (Wildman–Crippen LogP) is 4.33. The lowest BCUT2D eigenvalue weighted by atomic mass is 10.1. The smallest absolute Gasteiger partial charge is 0.192 e. The number of para-hydroxylation sites is 1. The van der Waals surface area contributed by atoms with Crippen LogP contribution in [0, 0.1) is 0 Å². The highest BCUT2D eigenvalue weighted by Crippen LogP contribution is 2.30. The maximum Gasteiger partial charge on any atom is 0.192 e. The summed E-state index contributed by atoms with van der Waals surface area (Å²) >= 11 is 1.31. The molecule has 0 aliphatic rings. The number of methoxy groups -OCH3 is 2. The molecular formula is C24H19N5O3S. The lowest BCUT2D eigenvalue weighted by Gasteiger charge is -2.09. The Kier molecular flexibility index (Phi) is 5.62. The molecule has 33 heavy (non-hydrogen) atoms. The summed E-state index contributed by atoms with van der Waals surface area (Å²) in [4.78, 5) is 26.6. The molecule has 0 radical (unpaired) electrons. The molecule has 8 nitrogen and oxygen atoms in total. The molecule has 3 heterocycles. The van der Waals surface area contributed by atoms with E-state index in [1.165, 1.54) is 11.8 Å². The fourth-order valence-electron chi connectivity index (χ4n) is 3.46. The van der Waals surface area contributed by atoms with E-state index in [1.807, 2.05) is 36.4 Å². The first-order valence-corrected chi connectivity index (χ1v) is 11.1. The Morgan fingerprint density at radius 2 is 1.85 bits per heavy atom. The minimum atomic E-state index is -0.0586. The van der Waals surface area contributed by atoms with Gasteiger partial charge in [-0.05, 0) is 42.5 Å². The maximum absolute atomic E-state index is 12.9. The lowest BCUT2D eigenvalue weighted by molar-refractivity contribution is 0.102. The van der Waals surface area contributed by atoms with Crippen molar-refractivity contribution in [3.8, 4) is 22.9 Å². The number of rotatable bonds is 7. The number of fused-ring (bicyclic) bond motifs is 3. The topological polar surface area (TPSA) is 91.5 Å². The van der Waals surface area contributed by atoms with Crippen molar-refractivity contribution < 1.29 is 14.3 Å². The van der Waals surface area contributed by atoms with Gasteiger partial charge in [0.2, 0.25) is 0 Å². The molecule has 0 atom stereocenters. The molecule has 164 valence electrons. The van der Waals surface area contributed by atoms with Crippen molar-refractivity contribution in [3.63, 3.8) is 0 Å². The Balaban J connectivity index is 1.51. The van der Waals surface area contributed by atoms with Crippen molar-refractivity contribution in [2.75, 3.05) is 20.0 Å². The van der Waals surface area contributed by atoms with Crippen LogP contribution >= 0.6 is 11.8 Å². The number of Topliss-reactive ketones (excluding diaryl/α,β-unsaturated/α-hetero) is 1. The van der Waals surface area contributed by atoms with Crippen LogP contribution in [0.2, 0.25) is 0 Å². The molecule has 0 saturated carbocycles. The highest BCUT2D eigenvalue weighted by Gasteiger charge is 2.17. The quantitative estimate of drug-likeness (QED) is 0.203. The van der Waals surface area contributed by atoms with Gasteiger partial charge in [0.15, 0.2) is 33.9 Å². The number of aromatic nitrogens is 5. The second-order valence-corrected chi connectivity index (χ2v) is 8.05. The van der Waals surface area contributed by atoms with Crippen molar-refractivity contribution in [2.24, 2.45) is 0 Å². The van der Waals surface area contributed by atoms with Crippen molar-refractivity contribution in [3.05, 3.63) is 72.6 Å². The number of carbonyl (C=O) groups is 1. The molecule has 0 aliphatic heterocycles. The Morgan fingerprint density at radius 3 is 2.64 bits per heavy atom. The number of thioether (sulfide) groups is 1. The normalized spacial score (nSPS) is 11.1. The Labute approximate surface area is 193 Å². The first-order chi connectivity index (χ1) is 16.2. The molecule has 0 spiro atoms. The first kappa shape index (κ1) is 20.9. The summed E-state index contributed by atoms with van der Waals surface area (Å²) in [5.74, 6) is 1.76. The second-order valence-electron chi connectivity index (χ2n) is 7.11. The summed E-state index contributed by atoms with van der Waals surface area (Å²) in [6, 6.07) is 16.6. The Hall–Kier alpha value is -3.98. The van der Waals surface area contributed by atoms with Crippen molar-refractivity contribution in [2.45, 2.75) is 5.16 Å². The third-order valence-corrected chi connectivity index (χ3v) is 6.04. The summed E-state index contributed by atoms with van der Waals surface area (Å²) in [6.07, 6.45) is 3.43. The van der Waals surface area contributed by atoms with Crippen LogP contribution in [0.1, 0.15) is 10.4 Å². The van der Waals surface area contributed by atoms with Crippen LogP contribution in [-0.2, 0) is 0 Å². The van der Waals surface area contributed by atoms with Gasteiger partial charge in [0.1, 0.15) is 0 Å². The highest BCUT2D eigenvalue weighted by atomic mass is 32.2. The van der Waals surface area contributed by atoms with Crippen molar-refractivity contribution in [1.82, 2.24) is 24.6 Å². The van der Waals surface area contributed by atoms with Crippen LogP contribution in [0.3, 0.4) is 0 Å². The molecular weight excluding hydrogens is 438 g/mol. The van der Waals surface area contributed by atoms with Gasteiger partial charge in [0, 0.05) is 28.9 Å². The maximum atomic E-state index is 12.9. The van der Waals surface area contributed by atoms with E-state index in [0.29, 0.717) is 33.7 Å². The summed E-state index contributed by atoms with van der Waals surface area (Å²) < 4.78 is 12.3. The van der Waals surface area contributed by atoms with Crippen LogP contribution in [0.5, 0.6) is 11.5 Å². The number of pyridine rings is 1. The third-order valence-electron chi connectivity index (χ3n) is 5.11. The minimum Gasteiger partial charge on any atom is -0.493 e. The molecule has 3 aromatic heterocycles. The Bertz CT molecular complexity index is 1470. The van der Waals surface area contributed by atoms with Gasteiger partial charge in [0.05, 0.1) is 25.5 Å². The predicted molar refractivity (Wildman–Crippen MR) is 126 cm³/mol. The average molecular weight is 458 g/mol. The number of nitrogens with zero attached hydrogens (tertiary/aromatic N) is 5. The van der Waals surface area contributed by atoms with E-state index in [9.17, 15) is 4.79 Å². The van der Waals surface area contributed by atoms with Crippen LogP contribution in [0.25, 0.3) is 27.9 Å². The molecule has 9 heteroatoms. The van der Waals surface area contributed by atoms with Gasteiger partial charge in [-0.25, -0.2) is 9.97 Å². The lowest BCUT2D eigenvalue weighted by Crippen LogP contribution is -2.06. The molecule has 0 fully saturated rings. The van der Waals surface area contributed by atoms with Gasteiger partial charge in [-0.3, -0.25) is 9.78 Å². The molecule has 0 saturated heterocycles. The first-order valence-electron chi connectivity index (χ1n) is 10.1. The molecule has 5 rings (SSSR count). The molecule has 2 aromatic carbocycles. The summed E-state index contributed by atoms with van der Waals surface area (Å²) in [6.45, 7) is 0. The molecule has 0 N–H and O–H groups in total. The van der Waals surface area contributed by atoms with E-state index in [2.05, 4.69) is 10.1 Å². The van der Waals surface area contributed by atoms with Gasteiger partial charge in [-0.15, -0.1) is 5.10 Å². The molecule has 0 bridgehead atoms. The molecule has 0 unspecified atom stereocenters. The van der Waals surface area contributed by atoms with Crippen LogP contribution in [-0.4, -0.2) is 50.3 Å². The van der Waals surface area contributed by atoms with Gasteiger partial charge in [-0.2, -0.15) is 4.52 Å².